The molecule has 0 bridgehead atoms. The Balaban J connectivity index is 1.97. The summed E-state index contributed by atoms with van der Waals surface area (Å²) in [6.07, 6.45) is 2.41. The van der Waals surface area contributed by atoms with E-state index >= 15 is 0 Å². The highest BCUT2D eigenvalue weighted by Gasteiger charge is 2.29. The number of thioether (sulfide) groups is 1. The molecule has 1 N–H and O–H groups in total. The molecule has 0 spiro atoms. The first kappa shape index (κ1) is 14.5. The fourth-order valence-electron chi connectivity index (χ4n) is 1.98. The monoisotopic (exact) mass is 395 g/mol. The van der Waals surface area contributed by atoms with Crippen LogP contribution in [0.4, 0.5) is 0 Å². The van der Waals surface area contributed by atoms with Gasteiger partial charge in [0, 0.05) is 20.4 Å². The maximum absolute atomic E-state index is 12.0. The molecule has 1 atom stereocenters. The Hall–Kier alpha value is 0.0600. The quantitative estimate of drug-likeness (QED) is 0.785. The first-order valence-corrected chi connectivity index (χ1v) is 8.32. The van der Waals surface area contributed by atoms with E-state index in [-0.39, 0.29) is 10.7 Å². The van der Waals surface area contributed by atoms with E-state index in [1.807, 2.05) is 23.9 Å². The third-order valence-electron chi connectivity index (χ3n) is 3.11. The van der Waals surface area contributed by atoms with Gasteiger partial charge >= 0.3 is 0 Å². The van der Waals surface area contributed by atoms with Crippen LogP contribution >= 0.6 is 46.0 Å². The van der Waals surface area contributed by atoms with Gasteiger partial charge in [0.25, 0.3) is 5.91 Å². The van der Waals surface area contributed by atoms with E-state index in [1.165, 1.54) is 18.6 Å². The summed E-state index contributed by atoms with van der Waals surface area (Å²) in [5.41, 5.74) is 0.631. The summed E-state index contributed by atoms with van der Waals surface area (Å²) in [7, 11) is 0. The molecule has 1 unspecified atom stereocenters. The lowest BCUT2D eigenvalue weighted by molar-refractivity contribution is 0.0950. The third kappa shape index (κ3) is 3.54. The first-order valence-electron chi connectivity index (χ1n) is 5.87. The second-order valence-electron chi connectivity index (χ2n) is 4.71. The van der Waals surface area contributed by atoms with Crippen LogP contribution < -0.4 is 5.32 Å². The minimum Gasteiger partial charge on any atom is -0.351 e. The number of carbonyl (C=O) groups excluding carboxylic acids is 1. The van der Waals surface area contributed by atoms with Gasteiger partial charge in [-0.05, 0) is 66.3 Å². The van der Waals surface area contributed by atoms with Crippen LogP contribution in [-0.4, -0.2) is 23.0 Å². The minimum absolute atomic E-state index is 0.0398. The summed E-state index contributed by atoms with van der Waals surface area (Å²) < 4.78 is 1.16. The van der Waals surface area contributed by atoms with Crippen LogP contribution in [-0.2, 0) is 0 Å². The number of rotatable bonds is 3. The van der Waals surface area contributed by atoms with Crippen LogP contribution in [0.2, 0.25) is 5.02 Å². The van der Waals surface area contributed by atoms with Crippen molar-refractivity contribution in [2.75, 3.05) is 12.3 Å². The number of hydrogen-bond donors (Lipinski definition) is 1. The van der Waals surface area contributed by atoms with Crippen molar-refractivity contribution in [2.24, 2.45) is 0 Å². The van der Waals surface area contributed by atoms with Gasteiger partial charge in [-0.25, -0.2) is 0 Å². The van der Waals surface area contributed by atoms with E-state index in [0.717, 1.165) is 10.1 Å². The van der Waals surface area contributed by atoms with E-state index in [1.54, 1.807) is 6.07 Å². The van der Waals surface area contributed by atoms with Crippen molar-refractivity contribution in [3.05, 3.63) is 32.4 Å². The van der Waals surface area contributed by atoms with Gasteiger partial charge in [0.15, 0.2) is 0 Å². The summed E-state index contributed by atoms with van der Waals surface area (Å²) >= 11 is 10.1. The van der Waals surface area contributed by atoms with Gasteiger partial charge < -0.3 is 5.32 Å². The molecular formula is C13H15ClINOS. The molecule has 1 fully saturated rings. The maximum atomic E-state index is 12.0. The molecule has 0 saturated carbocycles. The topological polar surface area (TPSA) is 29.1 Å². The zero-order chi connectivity index (χ0) is 13.2. The van der Waals surface area contributed by atoms with Crippen LogP contribution in [0.15, 0.2) is 18.2 Å². The molecular weight excluding hydrogens is 381 g/mol. The second kappa shape index (κ2) is 6.01. The Morgan fingerprint density at radius 2 is 2.39 bits per heavy atom. The van der Waals surface area contributed by atoms with Gasteiger partial charge in [0.05, 0.1) is 5.02 Å². The molecule has 5 heteroatoms. The summed E-state index contributed by atoms with van der Waals surface area (Å²) in [4.78, 5) is 12.0. The second-order valence-corrected chi connectivity index (χ2v) is 7.97. The van der Waals surface area contributed by atoms with E-state index in [4.69, 9.17) is 11.6 Å². The van der Waals surface area contributed by atoms with Crippen molar-refractivity contribution in [1.82, 2.24) is 5.32 Å². The zero-order valence-corrected chi connectivity index (χ0v) is 13.9. The standard InChI is InChI=1S/C13H15ClINOS/c1-13(5-2-6-18-13)8-16-12(17)9-3-4-11(15)10(14)7-9/h3-4,7H,2,5-6,8H2,1H3,(H,16,17). The van der Waals surface area contributed by atoms with E-state index in [9.17, 15) is 4.79 Å². The van der Waals surface area contributed by atoms with Gasteiger partial charge in [-0.15, -0.1) is 0 Å². The summed E-state index contributed by atoms with van der Waals surface area (Å²) in [6, 6.07) is 5.40. The fraction of sp³-hybridized carbons (Fsp3) is 0.462. The smallest absolute Gasteiger partial charge is 0.251 e. The maximum Gasteiger partial charge on any atom is 0.251 e. The normalized spacial score (nSPS) is 23.1. The van der Waals surface area contributed by atoms with Crippen LogP contribution in [0, 0.1) is 3.57 Å². The van der Waals surface area contributed by atoms with Gasteiger partial charge in [0.2, 0.25) is 0 Å². The Kier molecular flexibility index (Phi) is 4.83. The summed E-state index contributed by atoms with van der Waals surface area (Å²) in [5.74, 6) is 1.16. The van der Waals surface area contributed by atoms with Gasteiger partial charge in [-0.3, -0.25) is 4.79 Å². The molecule has 1 aliphatic rings. The largest absolute Gasteiger partial charge is 0.351 e. The highest BCUT2D eigenvalue weighted by molar-refractivity contribution is 14.1. The zero-order valence-electron chi connectivity index (χ0n) is 10.1. The molecule has 0 radical (unpaired) electrons. The lowest BCUT2D eigenvalue weighted by Crippen LogP contribution is -2.36. The first-order chi connectivity index (χ1) is 8.50. The molecule has 98 valence electrons. The van der Waals surface area contributed by atoms with Crippen molar-refractivity contribution in [1.29, 1.82) is 0 Å². The third-order valence-corrected chi connectivity index (χ3v) is 6.22. The molecule has 1 heterocycles. The molecule has 18 heavy (non-hydrogen) atoms. The molecule has 0 aliphatic carbocycles. The number of halogens is 2. The average molecular weight is 396 g/mol. The molecule has 1 aromatic carbocycles. The molecule has 1 saturated heterocycles. The molecule has 0 aromatic heterocycles. The average Bonchev–Trinajstić information content (AvgIpc) is 2.77. The van der Waals surface area contributed by atoms with Gasteiger partial charge in [0.1, 0.15) is 0 Å². The lowest BCUT2D eigenvalue weighted by Gasteiger charge is -2.22. The molecule has 2 rings (SSSR count). The van der Waals surface area contributed by atoms with Gasteiger partial charge in [-0.2, -0.15) is 11.8 Å². The number of hydrogen-bond acceptors (Lipinski definition) is 2. The molecule has 1 aromatic rings. The van der Waals surface area contributed by atoms with Crippen molar-refractivity contribution < 1.29 is 4.79 Å². The number of nitrogens with one attached hydrogen (secondary N) is 1. The van der Waals surface area contributed by atoms with E-state index < -0.39 is 0 Å². The van der Waals surface area contributed by atoms with Crippen molar-refractivity contribution in [3.8, 4) is 0 Å². The van der Waals surface area contributed by atoms with Crippen LogP contribution in [0.5, 0.6) is 0 Å². The Labute approximate surface area is 130 Å². The number of carbonyl (C=O) groups is 1. The highest BCUT2D eigenvalue weighted by Crippen LogP contribution is 2.37. The van der Waals surface area contributed by atoms with E-state index in [0.29, 0.717) is 10.6 Å². The molecule has 2 nitrogen and oxygen atoms in total. The highest BCUT2D eigenvalue weighted by atomic mass is 127. The summed E-state index contributed by atoms with van der Waals surface area (Å²) in [6.45, 7) is 2.94. The molecule has 1 amide bonds. The lowest BCUT2D eigenvalue weighted by atomic mass is 10.1. The number of amides is 1. The van der Waals surface area contributed by atoms with Crippen molar-refractivity contribution in [3.63, 3.8) is 0 Å². The predicted molar refractivity (Wildman–Crippen MR) is 86.6 cm³/mol. The Morgan fingerprint density at radius 1 is 1.61 bits per heavy atom. The van der Waals surface area contributed by atoms with Crippen molar-refractivity contribution in [2.45, 2.75) is 24.5 Å². The van der Waals surface area contributed by atoms with Crippen LogP contribution in [0.25, 0.3) is 0 Å². The van der Waals surface area contributed by atoms with Crippen LogP contribution in [0.3, 0.4) is 0 Å². The fourth-order valence-corrected chi connectivity index (χ4v) is 3.74. The van der Waals surface area contributed by atoms with Crippen molar-refractivity contribution >= 4 is 51.9 Å². The minimum atomic E-state index is -0.0398. The Bertz CT molecular complexity index is 460. The Morgan fingerprint density at radius 3 is 3.00 bits per heavy atom. The molecule has 1 aliphatic heterocycles. The van der Waals surface area contributed by atoms with E-state index in [2.05, 4.69) is 34.8 Å². The predicted octanol–water partition coefficient (Wildman–Crippen LogP) is 3.96. The van der Waals surface area contributed by atoms with Crippen LogP contribution in [0.1, 0.15) is 30.1 Å². The summed E-state index contributed by atoms with van der Waals surface area (Å²) in [5, 5.41) is 3.64. The van der Waals surface area contributed by atoms with Gasteiger partial charge in [-0.1, -0.05) is 11.6 Å². The number of benzene rings is 1. The SMILES string of the molecule is CC1(CNC(=O)c2ccc(I)c(Cl)c2)CCCS1.